The van der Waals surface area contributed by atoms with Crippen molar-refractivity contribution >= 4 is 22.6 Å². The molecule has 4 heterocycles. The first-order valence-corrected chi connectivity index (χ1v) is 8.77. The van der Waals surface area contributed by atoms with Crippen molar-refractivity contribution < 1.29 is 9.15 Å². The van der Waals surface area contributed by atoms with Gasteiger partial charge in [0.05, 0.1) is 25.0 Å². The van der Waals surface area contributed by atoms with E-state index in [0.29, 0.717) is 29.4 Å². The molecule has 4 aromatic heterocycles. The number of furan rings is 1. The number of aryl methyl sites for hydroxylation is 2. The molecule has 5 aromatic rings. The van der Waals surface area contributed by atoms with Gasteiger partial charge >= 0.3 is 0 Å². The highest BCUT2D eigenvalue weighted by Crippen LogP contribution is 2.23. The van der Waals surface area contributed by atoms with Gasteiger partial charge in [0.2, 0.25) is 11.8 Å². The molecule has 0 saturated carbocycles. The van der Waals surface area contributed by atoms with E-state index < -0.39 is 0 Å². The molecule has 0 unspecified atom stereocenters. The molecule has 28 heavy (non-hydrogen) atoms. The number of anilines is 1. The summed E-state index contributed by atoms with van der Waals surface area (Å²) in [4.78, 5) is 9.05. The van der Waals surface area contributed by atoms with E-state index in [1.807, 2.05) is 28.9 Å². The summed E-state index contributed by atoms with van der Waals surface area (Å²) in [5.41, 5.74) is 8.58. The molecular weight excluding hydrogens is 358 g/mol. The number of benzene rings is 1. The van der Waals surface area contributed by atoms with Gasteiger partial charge in [0.15, 0.2) is 17.1 Å². The highest BCUT2D eigenvalue weighted by atomic mass is 16.5. The van der Waals surface area contributed by atoms with Crippen LogP contribution in [0.5, 0.6) is 5.75 Å². The van der Waals surface area contributed by atoms with Crippen LogP contribution in [0.3, 0.4) is 0 Å². The van der Waals surface area contributed by atoms with E-state index in [2.05, 4.69) is 20.2 Å². The summed E-state index contributed by atoms with van der Waals surface area (Å²) >= 11 is 0. The van der Waals surface area contributed by atoms with Gasteiger partial charge in [-0.3, -0.25) is 0 Å². The van der Waals surface area contributed by atoms with Gasteiger partial charge in [-0.25, -0.2) is 9.67 Å². The lowest BCUT2D eigenvalue weighted by molar-refractivity contribution is 0.414. The van der Waals surface area contributed by atoms with Crippen molar-refractivity contribution in [2.24, 2.45) is 0 Å². The van der Waals surface area contributed by atoms with Crippen LogP contribution in [0.4, 0.5) is 5.95 Å². The predicted octanol–water partition coefficient (Wildman–Crippen LogP) is 2.57. The summed E-state index contributed by atoms with van der Waals surface area (Å²) < 4.78 is 13.9. The molecule has 0 bridgehead atoms. The van der Waals surface area contributed by atoms with E-state index in [1.165, 1.54) is 10.1 Å². The molecule has 0 aliphatic heterocycles. The summed E-state index contributed by atoms with van der Waals surface area (Å²) in [6.45, 7) is 0.664. The van der Waals surface area contributed by atoms with Crippen molar-refractivity contribution in [1.82, 2.24) is 29.4 Å². The van der Waals surface area contributed by atoms with Crippen LogP contribution in [0.15, 0.2) is 53.3 Å². The summed E-state index contributed by atoms with van der Waals surface area (Å²) in [6, 6.07) is 11.6. The van der Waals surface area contributed by atoms with Crippen LogP contribution in [-0.4, -0.2) is 36.5 Å². The molecule has 140 valence electrons. The molecule has 0 atom stereocenters. The van der Waals surface area contributed by atoms with E-state index in [4.69, 9.17) is 14.9 Å². The molecule has 0 fully saturated rings. The Morgan fingerprint density at radius 3 is 2.71 bits per heavy atom. The smallest absolute Gasteiger partial charge is 0.225 e. The van der Waals surface area contributed by atoms with Crippen LogP contribution in [0.25, 0.3) is 28.3 Å². The van der Waals surface area contributed by atoms with E-state index in [1.54, 1.807) is 31.7 Å². The lowest BCUT2D eigenvalue weighted by Crippen LogP contribution is -2.07. The van der Waals surface area contributed by atoms with E-state index in [-0.39, 0.29) is 5.95 Å². The third kappa shape index (κ3) is 2.64. The van der Waals surface area contributed by atoms with Crippen molar-refractivity contribution in [3.05, 3.63) is 54.4 Å². The first-order valence-electron chi connectivity index (χ1n) is 8.77. The van der Waals surface area contributed by atoms with Gasteiger partial charge < -0.3 is 14.9 Å². The zero-order valence-corrected chi connectivity index (χ0v) is 15.1. The Bertz CT molecular complexity index is 1250. The Kier molecular flexibility index (Phi) is 3.71. The number of hydrogen-bond acceptors (Lipinski definition) is 7. The fourth-order valence-electron chi connectivity index (χ4n) is 3.16. The highest BCUT2D eigenvalue weighted by molar-refractivity contribution is 5.90. The fourth-order valence-corrected chi connectivity index (χ4v) is 3.16. The van der Waals surface area contributed by atoms with Crippen molar-refractivity contribution in [2.75, 3.05) is 12.8 Å². The molecule has 0 saturated heterocycles. The molecule has 0 amide bonds. The quantitative estimate of drug-likeness (QED) is 0.503. The maximum Gasteiger partial charge on any atom is 0.225 e. The molecule has 0 aliphatic carbocycles. The predicted molar refractivity (Wildman–Crippen MR) is 103 cm³/mol. The fraction of sp³-hybridized carbons (Fsp3) is 0.158. The van der Waals surface area contributed by atoms with Crippen LogP contribution in [0.1, 0.15) is 5.56 Å². The van der Waals surface area contributed by atoms with Gasteiger partial charge in [0.25, 0.3) is 0 Å². The van der Waals surface area contributed by atoms with E-state index >= 15 is 0 Å². The second kappa shape index (κ2) is 6.38. The Balaban J connectivity index is 1.50. The van der Waals surface area contributed by atoms with Crippen molar-refractivity contribution in [1.29, 1.82) is 0 Å². The zero-order valence-electron chi connectivity index (χ0n) is 15.1. The van der Waals surface area contributed by atoms with Crippen LogP contribution in [0, 0.1) is 0 Å². The van der Waals surface area contributed by atoms with Crippen molar-refractivity contribution in [3.63, 3.8) is 0 Å². The third-order valence-electron chi connectivity index (χ3n) is 4.61. The summed E-state index contributed by atoms with van der Waals surface area (Å²) in [5.74, 6) is 2.11. The molecule has 1 aromatic carbocycles. The molecule has 2 N–H and O–H groups in total. The Morgan fingerprint density at radius 2 is 1.96 bits per heavy atom. The van der Waals surface area contributed by atoms with Crippen molar-refractivity contribution in [3.8, 4) is 17.3 Å². The number of nitrogens with two attached hydrogens (primary N) is 1. The molecule has 9 heteroatoms. The van der Waals surface area contributed by atoms with E-state index in [0.717, 1.165) is 17.6 Å². The molecule has 0 aliphatic rings. The number of fused-ring (bicyclic) bond motifs is 3. The maximum atomic E-state index is 6.12. The van der Waals surface area contributed by atoms with Gasteiger partial charge in [-0.15, -0.1) is 5.10 Å². The van der Waals surface area contributed by atoms with Gasteiger partial charge in [0, 0.05) is 6.54 Å². The summed E-state index contributed by atoms with van der Waals surface area (Å²) in [5, 5.41) is 9.66. The van der Waals surface area contributed by atoms with Crippen LogP contribution in [-0.2, 0) is 13.0 Å². The van der Waals surface area contributed by atoms with Gasteiger partial charge in [-0.05, 0) is 36.2 Å². The molecule has 0 radical (unpaired) electrons. The SMILES string of the molecule is COc1ccc(CCn2ncc3c2nc(N)n2nc(-c4ccco4)nc32)cc1. The second-order valence-electron chi connectivity index (χ2n) is 6.32. The Labute approximate surface area is 159 Å². The number of hydrogen-bond donors (Lipinski definition) is 1. The minimum Gasteiger partial charge on any atom is -0.497 e. The highest BCUT2D eigenvalue weighted by Gasteiger charge is 2.17. The van der Waals surface area contributed by atoms with Crippen molar-refractivity contribution in [2.45, 2.75) is 13.0 Å². The average Bonchev–Trinajstić information content (AvgIpc) is 3.45. The number of methoxy groups -OCH3 is 1. The molecule has 5 rings (SSSR count). The second-order valence-corrected chi connectivity index (χ2v) is 6.32. The zero-order chi connectivity index (χ0) is 19.1. The number of nitrogens with zero attached hydrogens (tertiary/aromatic N) is 6. The Hall–Kier alpha value is -3.88. The average molecular weight is 375 g/mol. The van der Waals surface area contributed by atoms with Crippen LogP contribution in [0.2, 0.25) is 0 Å². The topological polar surface area (TPSA) is 109 Å². The van der Waals surface area contributed by atoms with Gasteiger partial charge in [0.1, 0.15) is 5.75 Å². The first-order chi connectivity index (χ1) is 13.7. The maximum absolute atomic E-state index is 6.12. The molecule has 0 spiro atoms. The summed E-state index contributed by atoms with van der Waals surface area (Å²) in [6.07, 6.45) is 4.12. The van der Waals surface area contributed by atoms with Crippen LogP contribution >= 0.6 is 0 Å². The number of nitrogen functional groups attached to an aromatic ring is 1. The monoisotopic (exact) mass is 375 g/mol. The normalized spacial score (nSPS) is 11.5. The largest absolute Gasteiger partial charge is 0.497 e. The minimum absolute atomic E-state index is 0.249. The van der Waals surface area contributed by atoms with Crippen LogP contribution < -0.4 is 10.5 Å². The Morgan fingerprint density at radius 1 is 1.11 bits per heavy atom. The first kappa shape index (κ1) is 16.3. The lowest BCUT2D eigenvalue weighted by Gasteiger charge is -2.05. The van der Waals surface area contributed by atoms with E-state index in [9.17, 15) is 0 Å². The number of ether oxygens (including phenoxy) is 1. The van der Waals surface area contributed by atoms with Gasteiger partial charge in [-0.2, -0.15) is 14.6 Å². The molecular formula is C19H17N7O2. The number of rotatable bonds is 5. The third-order valence-corrected chi connectivity index (χ3v) is 4.61. The summed E-state index contributed by atoms with van der Waals surface area (Å²) in [7, 11) is 1.66. The number of aromatic nitrogens is 6. The van der Waals surface area contributed by atoms with Gasteiger partial charge in [-0.1, -0.05) is 12.1 Å². The molecule has 9 nitrogen and oxygen atoms in total. The lowest BCUT2D eigenvalue weighted by atomic mass is 10.1. The standard InChI is InChI=1S/C19H17N7O2/c1-27-13-6-4-12(5-7-13)8-9-25-17-14(11-21-25)18-22-16(15-3-2-10-28-15)24-26(18)19(20)23-17/h2-7,10-11H,8-9H2,1H3,(H2,20,23). The minimum atomic E-state index is 0.249.